The Balaban J connectivity index is 1.51. The molecule has 0 bridgehead atoms. The molecule has 4 fully saturated rings. The van der Waals surface area contributed by atoms with E-state index in [9.17, 15) is 0 Å². The summed E-state index contributed by atoms with van der Waals surface area (Å²) < 4.78 is 27.7. The molecule has 0 atom stereocenters. The molecule has 4 saturated carbocycles. The zero-order valence-electron chi connectivity index (χ0n) is 18.5. The van der Waals surface area contributed by atoms with Crippen molar-refractivity contribution in [1.29, 1.82) is 0 Å². The molecule has 0 aromatic carbocycles. The van der Waals surface area contributed by atoms with Crippen LogP contribution in [0, 0.1) is 0 Å². The van der Waals surface area contributed by atoms with Gasteiger partial charge in [-0.15, -0.1) is 0 Å². The maximum absolute atomic E-state index is 6.92. The van der Waals surface area contributed by atoms with Gasteiger partial charge in [-0.3, -0.25) is 0 Å². The fourth-order valence-corrected chi connectivity index (χ4v) is 12.0. The van der Waals surface area contributed by atoms with Crippen LogP contribution in [0.3, 0.4) is 0 Å². The second-order valence-corrected chi connectivity index (χ2v) is 14.2. The van der Waals surface area contributed by atoms with Crippen LogP contribution in [0.5, 0.6) is 0 Å². The van der Waals surface area contributed by atoms with Crippen LogP contribution in [0.25, 0.3) is 0 Å². The molecule has 0 unspecified atom stereocenters. The summed E-state index contributed by atoms with van der Waals surface area (Å²) in [4.78, 5) is 0. The molecule has 0 aliphatic heterocycles. The van der Waals surface area contributed by atoms with Crippen LogP contribution in [-0.2, 0) is 31.7 Å². The van der Waals surface area contributed by atoms with Crippen molar-refractivity contribution < 1.29 is 31.7 Å². The van der Waals surface area contributed by atoms with E-state index in [0.717, 1.165) is 51.4 Å². The third-order valence-corrected chi connectivity index (χ3v) is 12.8. The Morgan fingerprint density at radius 1 is 0.310 bits per heavy atom. The molecule has 5 heteroatoms. The van der Waals surface area contributed by atoms with E-state index in [1.807, 2.05) is 0 Å². The van der Waals surface area contributed by atoms with Crippen LogP contribution in [0.15, 0.2) is 0 Å². The van der Waals surface area contributed by atoms with Gasteiger partial charge in [0.25, 0.3) is 0 Å². The molecule has 0 radical (unpaired) electrons. The van der Waals surface area contributed by atoms with E-state index < -0.39 is 18.7 Å². The summed E-state index contributed by atoms with van der Waals surface area (Å²) in [6, 6.07) is 0. The van der Waals surface area contributed by atoms with Gasteiger partial charge in [-0.2, -0.15) is 0 Å². The molecule has 4 aliphatic rings. The Morgan fingerprint density at radius 2 is 0.517 bits per heavy atom. The van der Waals surface area contributed by atoms with Crippen LogP contribution < -0.4 is 0 Å². The fraction of sp³-hybridized carbons (Fsp3) is 1.00. The predicted molar refractivity (Wildman–Crippen MR) is 112 cm³/mol. The van der Waals surface area contributed by atoms with Gasteiger partial charge in [-0.1, -0.05) is 0 Å². The molecule has 0 amide bonds. The second kappa shape index (κ2) is 12.0. The van der Waals surface area contributed by atoms with Crippen LogP contribution in [0.4, 0.5) is 0 Å². The molecule has 0 aromatic rings. The molecule has 0 aromatic heterocycles. The standard InChI is InChI=1S/4C6H11O.Nb/c4*7-6-4-2-1-3-5-6;/h4*6H,1-5H2;/q4*-1;+4. The molecule has 0 spiro atoms. The summed E-state index contributed by atoms with van der Waals surface area (Å²) >= 11 is -3.97. The quantitative estimate of drug-likeness (QED) is 0.338. The van der Waals surface area contributed by atoms with E-state index in [4.69, 9.17) is 13.0 Å². The van der Waals surface area contributed by atoms with Gasteiger partial charge >= 0.3 is 185 Å². The average molecular weight is 490 g/mol. The van der Waals surface area contributed by atoms with Crippen LogP contribution >= 0.6 is 0 Å². The maximum atomic E-state index is 6.92. The van der Waals surface area contributed by atoms with Gasteiger partial charge in [-0.25, -0.2) is 0 Å². The Bertz CT molecular complexity index is 364. The normalized spacial score (nSPS) is 27.3. The van der Waals surface area contributed by atoms with Gasteiger partial charge in [0, 0.05) is 0 Å². The van der Waals surface area contributed by atoms with E-state index in [1.165, 1.54) is 77.0 Å². The molecule has 4 nitrogen and oxygen atoms in total. The summed E-state index contributed by atoms with van der Waals surface area (Å²) in [6.45, 7) is 0. The van der Waals surface area contributed by atoms with Crippen molar-refractivity contribution in [1.82, 2.24) is 0 Å². The average Bonchev–Trinajstić information content (AvgIpc) is 2.76. The Kier molecular flexibility index (Phi) is 9.41. The molecular weight excluding hydrogens is 445 g/mol. The first kappa shape index (κ1) is 22.8. The van der Waals surface area contributed by atoms with Gasteiger partial charge in [0.1, 0.15) is 0 Å². The Labute approximate surface area is 184 Å². The fourth-order valence-electron chi connectivity index (χ4n) is 5.56. The Morgan fingerprint density at radius 3 is 0.724 bits per heavy atom. The van der Waals surface area contributed by atoms with Crippen LogP contribution in [0.2, 0.25) is 0 Å². The first-order valence-corrected chi connectivity index (χ1v) is 16.5. The minimum absolute atomic E-state index is 0.297. The number of rotatable bonds is 8. The predicted octanol–water partition coefficient (Wildman–Crippen LogP) is 7.20. The first-order valence-electron chi connectivity index (χ1n) is 12.9. The summed E-state index contributed by atoms with van der Waals surface area (Å²) in [5.74, 6) is 0. The minimum atomic E-state index is -3.97. The van der Waals surface area contributed by atoms with E-state index in [1.54, 1.807) is 0 Å². The molecule has 0 N–H and O–H groups in total. The molecule has 4 rings (SSSR count). The van der Waals surface area contributed by atoms with Crippen molar-refractivity contribution in [3.05, 3.63) is 0 Å². The van der Waals surface area contributed by atoms with Crippen LogP contribution in [0.1, 0.15) is 128 Å². The van der Waals surface area contributed by atoms with Gasteiger partial charge in [0.15, 0.2) is 0 Å². The van der Waals surface area contributed by atoms with Gasteiger partial charge < -0.3 is 0 Å². The molecule has 169 valence electrons. The van der Waals surface area contributed by atoms with Crippen molar-refractivity contribution in [2.24, 2.45) is 0 Å². The van der Waals surface area contributed by atoms with Crippen LogP contribution in [-0.4, -0.2) is 24.4 Å². The van der Waals surface area contributed by atoms with E-state index in [2.05, 4.69) is 0 Å². The van der Waals surface area contributed by atoms with Crippen molar-refractivity contribution in [2.45, 2.75) is 153 Å². The van der Waals surface area contributed by atoms with E-state index in [-0.39, 0.29) is 0 Å². The molecule has 0 saturated heterocycles. The zero-order chi connectivity index (χ0) is 19.8. The van der Waals surface area contributed by atoms with Crippen molar-refractivity contribution in [2.75, 3.05) is 0 Å². The van der Waals surface area contributed by atoms with Gasteiger partial charge in [0.2, 0.25) is 0 Å². The first-order chi connectivity index (χ1) is 14.3. The SMILES string of the molecule is C1CCC([O][Nb]([O]C2CCCCC2)([O]C2CCCCC2)[O]C2CCCCC2)CC1. The van der Waals surface area contributed by atoms with Gasteiger partial charge in [-0.05, 0) is 0 Å². The number of hydrogen-bond acceptors (Lipinski definition) is 4. The van der Waals surface area contributed by atoms with Crippen molar-refractivity contribution in [3.63, 3.8) is 0 Å². The van der Waals surface area contributed by atoms with Crippen molar-refractivity contribution >= 4 is 0 Å². The molecular formula is C24H44NbO4. The Hall–Kier alpha value is 0.580. The summed E-state index contributed by atoms with van der Waals surface area (Å²) in [5.41, 5.74) is 0. The third kappa shape index (κ3) is 7.30. The summed E-state index contributed by atoms with van der Waals surface area (Å²) in [5, 5.41) is 0. The topological polar surface area (TPSA) is 36.9 Å². The third-order valence-electron chi connectivity index (χ3n) is 7.32. The molecule has 4 aliphatic carbocycles. The summed E-state index contributed by atoms with van der Waals surface area (Å²) in [6.07, 6.45) is 26.1. The monoisotopic (exact) mass is 489 g/mol. The molecule has 29 heavy (non-hydrogen) atoms. The van der Waals surface area contributed by atoms with Crippen molar-refractivity contribution in [3.8, 4) is 0 Å². The summed E-state index contributed by atoms with van der Waals surface area (Å²) in [7, 11) is 0. The van der Waals surface area contributed by atoms with Gasteiger partial charge in [0.05, 0.1) is 0 Å². The second-order valence-electron chi connectivity index (χ2n) is 9.91. The zero-order valence-corrected chi connectivity index (χ0v) is 20.7. The van der Waals surface area contributed by atoms with E-state index >= 15 is 0 Å². The van der Waals surface area contributed by atoms with E-state index in [0.29, 0.717) is 24.4 Å². The number of hydrogen-bond donors (Lipinski definition) is 0. The molecule has 0 heterocycles.